The molecule has 0 N–H and O–H groups in total. The quantitative estimate of drug-likeness (QED) is 0.341. The van der Waals surface area contributed by atoms with Crippen LogP contribution in [0.4, 0.5) is 13.2 Å². The van der Waals surface area contributed by atoms with Crippen molar-refractivity contribution in [3.05, 3.63) is 101 Å². The molecule has 0 spiro atoms. The van der Waals surface area contributed by atoms with Gasteiger partial charge < -0.3 is 4.42 Å². The van der Waals surface area contributed by atoms with Gasteiger partial charge in [0.05, 0.1) is 30.0 Å². The molecule has 2 heterocycles. The normalized spacial score (nSPS) is 13.4. The van der Waals surface area contributed by atoms with Gasteiger partial charge in [0.2, 0.25) is 0 Å². The first-order chi connectivity index (χ1) is 16.1. The van der Waals surface area contributed by atoms with E-state index >= 15 is 0 Å². The molecule has 0 aliphatic rings. The molecule has 0 bridgehead atoms. The van der Waals surface area contributed by atoms with Crippen molar-refractivity contribution >= 4 is 0 Å². The Morgan fingerprint density at radius 1 is 0.912 bits per heavy atom. The number of halogens is 3. The minimum Gasteiger partial charge on any atom is -0.468 e. The smallest absolute Gasteiger partial charge is 0.416 e. The van der Waals surface area contributed by atoms with Crippen molar-refractivity contribution < 1.29 is 17.6 Å². The highest BCUT2D eigenvalue weighted by Crippen LogP contribution is 2.35. The molecule has 4 aromatic rings. The average Bonchev–Trinajstić information content (AvgIpc) is 3.47. The van der Waals surface area contributed by atoms with Crippen molar-refractivity contribution in [2.24, 2.45) is 0 Å². The monoisotopic (exact) mass is 469 g/mol. The Kier molecular flexibility index (Phi) is 6.56. The highest BCUT2D eigenvalue weighted by atomic mass is 19.4. The lowest BCUT2D eigenvalue weighted by Gasteiger charge is -2.33. The van der Waals surface area contributed by atoms with Crippen molar-refractivity contribution in [3.8, 4) is 0 Å². The number of alkyl halides is 3. The Labute approximate surface area is 196 Å². The number of benzene rings is 2. The summed E-state index contributed by atoms with van der Waals surface area (Å²) in [4.78, 5) is 2.10. The first kappa shape index (κ1) is 23.7. The topological polar surface area (TPSA) is 60.0 Å². The van der Waals surface area contributed by atoms with Crippen LogP contribution in [0.15, 0.2) is 77.4 Å². The summed E-state index contributed by atoms with van der Waals surface area (Å²) in [5, 5.41) is 12.4. The lowest BCUT2D eigenvalue weighted by atomic mass is 9.99. The van der Waals surface area contributed by atoms with Crippen LogP contribution in [0, 0.1) is 0 Å². The second-order valence-corrected chi connectivity index (χ2v) is 9.11. The Balaban J connectivity index is 1.84. The number of rotatable bonds is 7. The molecule has 0 aliphatic heterocycles. The van der Waals surface area contributed by atoms with Gasteiger partial charge in [0, 0.05) is 6.54 Å². The molecule has 178 valence electrons. The van der Waals surface area contributed by atoms with Crippen LogP contribution in [0.2, 0.25) is 0 Å². The lowest BCUT2D eigenvalue weighted by molar-refractivity contribution is -0.137. The zero-order valence-corrected chi connectivity index (χ0v) is 19.2. The predicted molar refractivity (Wildman–Crippen MR) is 120 cm³/mol. The van der Waals surface area contributed by atoms with E-state index in [4.69, 9.17) is 4.42 Å². The highest BCUT2D eigenvalue weighted by Gasteiger charge is 2.34. The summed E-state index contributed by atoms with van der Waals surface area (Å²) in [6, 6.07) is 18.2. The van der Waals surface area contributed by atoms with Gasteiger partial charge in [0.25, 0.3) is 0 Å². The van der Waals surface area contributed by atoms with Gasteiger partial charge in [-0.2, -0.15) is 13.2 Å². The van der Waals surface area contributed by atoms with E-state index in [1.165, 1.54) is 12.1 Å². The van der Waals surface area contributed by atoms with Crippen molar-refractivity contribution in [3.63, 3.8) is 0 Å². The molecule has 0 aliphatic carbocycles. The van der Waals surface area contributed by atoms with E-state index in [9.17, 15) is 13.2 Å². The second-order valence-electron chi connectivity index (χ2n) is 9.11. The molecular formula is C25H26F3N5O. The molecule has 2 aromatic heterocycles. The third kappa shape index (κ3) is 5.36. The van der Waals surface area contributed by atoms with E-state index in [-0.39, 0.29) is 0 Å². The molecule has 0 saturated carbocycles. The number of aromatic nitrogens is 4. The van der Waals surface area contributed by atoms with Crippen molar-refractivity contribution in [1.82, 2.24) is 25.1 Å². The van der Waals surface area contributed by atoms with E-state index in [0.717, 1.165) is 23.5 Å². The largest absolute Gasteiger partial charge is 0.468 e. The molecule has 1 atom stereocenters. The Bertz CT molecular complexity index is 1180. The number of nitrogens with zero attached hydrogens (tertiary/aromatic N) is 5. The van der Waals surface area contributed by atoms with Gasteiger partial charge in [-0.3, -0.25) is 4.90 Å². The Morgan fingerprint density at radius 3 is 2.21 bits per heavy atom. The van der Waals surface area contributed by atoms with E-state index in [2.05, 4.69) is 20.4 Å². The van der Waals surface area contributed by atoms with Crippen LogP contribution < -0.4 is 0 Å². The van der Waals surface area contributed by atoms with E-state index < -0.39 is 23.3 Å². The summed E-state index contributed by atoms with van der Waals surface area (Å²) in [5.74, 6) is 1.26. The summed E-state index contributed by atoms with van der Waals surface area (Å²) < 4.78 is 47.1. The lowest BCUT2D eigenvalue weighted by Crippen LogP contribution is -2.34. The molecule has 0 unspecified atom stereocenters. The van der Waals surface area contributed by atoms with Crippen LogP contribution in [-0.2, 0) is 24.8 Å². The average molecular weight is 470 g/mol. The summed E-state index contributed by atoms with van der Waals surface area (Å²) in [6.07, 6.45) is -2.82. The van der Waals surface area contributed by atoms with Crippen molar-refractivity contribution in [2.45, 2.75) is 51.6 Å². The summed E-state index contributed by atoms with van der Waals surface area (Å²) in [7, 11) is 0. The van der Waals surface area contributed by atoms with Crippen LogP contribution in [0.3, 0.4) is 0 Å². The number of hydrogen-bond donors (Lipinski definition) is 0. The Morgan fingerprint density at radius 2 is 1.62 bits per heavy atom. The summed E-state index contributed by atoms with van der Waals surface area (Å²) >= 11 is 0. The molecule has 0 fully saturated rings. The van der Waals surface area contributed by atoms with E-state index in [0.29, 0.717) is 24.5 Å². The third-order valence-corrected chi connectivity index (χ3v) is 5.46. The van der Waals surface area contributed by atoms with Crippen molar-refractivity contribution in [2.75, 3.05) is 0 Å². The molecule has 6 nitrogen and oxygen atoms in total. The van der Waals surface area contributed by atoms with Gasteiger partial charge in [-0.15, -0.1) is 5.10 Å². The summed E-state index contributed by atoms with van der Waals surface area (Å²) in [5.41, 5.74) is 0.550. The standard InChI is InChI=1S/C25H26F3N5O/c1-24(2,3)33-23(29-30-31-33)22(19-11-13-20(14-12-19)25(26,27)28)32(17-21-10-7-15-34-21)16-18-8-5-4-6-9-18/h4-15,22H,16-17H2,1-3H3/t22-/m1/s1. The maximum atomic E-state index is 13.3. The van der Waals surface area contributed by atoms with Crippen LogP contribution in [-0.4, -0.2) is 25.1 Å². The summed E-state index contributed by atoms with van der Waals surface area (Å²) in [6.45, 7) is 6.84. The minimum absolute atomic E-state index is 0.407. The van der Waals surface area contributed by atoms with Crippen molar-refractivity contribution in [1.29, 1.82) is 0 Å². The SMILES string of the molecule is CC(C)(C)n1nnnc1[C@@H](c1ccc(C(F)(F)F)cc1)N(Cc1ccccc1)Cc1ccco1. The van der Waals surface area contributed by atoms with Crippen LogP contribution in [0.5, 0.6) is 0 Å². The number of furan rings is 1. The fraction of sp³-hybridized carbons (Fsp3) is 0.320. The molecule has 9 heteroatoms. The second kappa shape index (κ2) is 9.42. The van der Waals surface area contributed by atoms with Gasteiger partial charge in [-0.05, 0) is 66.6 Å². The first-order valence-electron chi connectivity index (χ1n) is 10.9. The first-order valence-corrected chi connectivity index (χ1v) is 10.9. The number of hydrogen-bond acceptors (Lipinski definition) is 5. The highest BCUT2D eigenvalue weighted by molar-refractivity contribution is 5.31. The third-order valence-electron chi connectivity index (χ3n) is 5.46. The maximum Gasteiger partial charge on any atom is 0.416 e. The molecule has 0 radical (unpaired) electrons. The van der Waals surface area contributed by atoms with Crippen LogP contribution in [0.1, 0.15) is 55.1 Å². The molecule has 0 amide bonds. The van der Waals surface area contributed by atoms with Gasteiger partial charge in [0.15, 0.2) is 5.82 Å². The number of tetrazole rings is 1. The molecular weight excluding hydrogens is 443 g/mol. The minimum atomic E-state index is -4.42. The Hall–Kier alpha value is -3.46. The van der Waals surface area contributed by atoms with Gasteiger partial charge >= 0.3 is 6.18 Å². The fourth-order valence-electron chi connectivity index (χ4n) is 3.88. The van der Waals surface area contributed by atoms with Crippen LogP contribution >= 0.6 is 0 Å². The molecule has 2 aromatic carbocycles. The molecule has 0 saturated heterocycles. The molecule has 34 heavy (non-hydrogen) atoms. The fourth-order valence-corrected chi connectivity index (χ4v) is 3.88. The van der Waals surface area contributed by atoms with E-state index in [1.807, 2.05) is 63.2 Å². The van der Waals surface area contributed by atoms with Gasteiger partial charge in [-0.1, -0.05) is 42.5 Å². The molecule has 4 rings (SSSR count). The zero-order chi connectivity index (χ0) is 24.3. The predicted octanol–water partition coefficient (Wildman–Crippen LogP) is 5.83. The van der Waals surface area contributed by atoms with E-state index in [1.54, 1.807) is 10.9 Å². The maximum absolute atomic E-state index is 13.3. The van der Waals surface area contributed by atoms with Crippen LogP contribution in [0.25, 0.3) is 0 Å². The van der Waals surface area contributed by atoms with Gasteiger partial charge in [0.1, 0.15) is 5.76 Å². The zero-order valence-electron chi connectivity index (χ0n) is 19.2. The van der Waals surface area contributed by atoms with Gasteiger partial charge in [-0.25, -0.2) is 4.68 Å².